The van der Waals surface area contributed by atoms with Crippen molar-refractivity contribution in [2.75, 3.05) is 6.61 Å². The highest BCUT2D eigenvalue weighted by molar-refractivity contribution is 6.12. The number of carbonyl (C=O) groups is 1. The van der Waals surface area contributed by atoms with Crippen LogP contribution >= 0.6 is 0 Å². The number of ether oxygens (including phenoxy) is 1. The lowest BCUT2D eigenvalue weighted by atomic mass is 9.62. The highest BCUT2D eigenvalue weighted by Gasteiger charge is 2.50. The number of nitrogens with two attached hydrogens (primary N) is 1. The van der Waals surface area contributed by atoms with Gasteiger partial charge in [0.1, 0.15) is 5.82 Å². The van der Waals surface area contributed by atoms with Crippen LogP contribution in [0.15, 0.2) is 52.7 Å². The molecule has 0 aromatic heterocycles. The number of esters is 1. The number of aliphatic hydroxyl groups excluding tert-OH is 1. The Balaban J connectivity index is 2.05. The van der Waals surface area contributed by atoms with Gasteiger partial charge in [0.15, 0.2) is 0 Å². The van der Waals surface area contributed by atoms with E-state index in [9.17, 15) is 14.3 Å². The fourth-order valence-electron chi connectivity index (χ4n) is 3.73. The van der Waals surface area contributed by atoms with Gasteiger partial charge in [-0.1, -0.05) is 5.57 Å². The summed E-state index contributed by atoms with van der Waals surface area (Å²) in [4.78, 5) is 17.3. The van der Waals surface area contributed by atoms with E-state index < -0.39 is 11.5 Å². The third kappa shape index (κ3) is 3.42. The predicted octanol–water partition coefficient (Wildman–Crippen LogP) is 3.17. The van der Waals surface area contributed by atoms with Crippen molar-refractivity contribution in [3.63, 3.8) is 0 Å². The van der Waals surface area contributed by atoms with E-state index in [1.165, 1.54) is 18.3 Å². The molecule has 1 unspecified atom stereocenters. The van der Waals surface area contributed by atoms with Crippen LogP contribution in [0.25, 0.3) is 0 Å². The van der Waals surface area contributed by atoms with Crippen molar-refractivity contribution in [3.05, 3.63) is 53.5 Å². The molecule has 0 bridgehead atoms. The highest BCUT2D eigenvalue weighted by atomic mass is 19.1. The predicted molar refractivity (Wildman–Crippen MR) is 97.4 cm³/mol. The Morgan fingerprint density at radius 2 is 2.19 bits per heavy atom. The minimum Gasteiger partial charge on any atom is -0.465 e. The van der Waals surface area contributed by atoms with E-state index in [1.807, 2.05) is 6.08 Å². The summed E-state index contributed by atoms with van der Waals surface area (Å²) in [6.07, 6.45) is 4.61. The van der Waals surface area contributed by atoms with Crippen LogP contribution in [-0.4, -0.2) is 29.5 Å². The van der Waals surface area contributed by atoms with Gasteiger partial charge in [0.05, 0.1) is 29.5 Å². The van der Waals surface area contributed by atoms with Crippen molar-refractivity contribution in [3.8, 4) is 0 Å². The van der Waals surface area contributed by atoms with Crippen molar-refractivity contribution in [1.29, 1.82) is 0 Å². The van der Waals surface area contributed by atoms with E-state index in [0.717, 1.165) is 5.57 Å². The molecule has 5 nitrogen and oxygen atoms in total. The second-order valence-corrected chi connectivity index (χ2v) is 6.71. The number of hydrogen-bond donors (Lipinski definition) is 2. The van der Waals surface area contributed by atoms with Gasteiger partial charge in [0.25, 0.3) is 0 Å². The molecular weight excluding hydrogens is 335 g/mol. The van der Waals surface area contributed by atoms with Gasteiger partial charge in [-0.25, -0.2) is 9.38 Å². The minimum atomic E-state index is -0.888. The quantitative estimate of drug-likeness (QED) is 0.813. The van der Waals surface area contributed by atoms with Crippen LogP contribution in [-0.2, 0) is 9.53 Å². The molecule has 0 saturated heterocycles. The smallest absolute Gasteiger partial charge is 0.316 e. The largest absolute Gasteiger partial charge is 0.465 e. The lowest BCUT2D eigenvalue weighted by molar-refractivity contribution is -0.156. The summed E-state index contributed by atoms with van der Waals surface area (Å²) < 4.78 is 18.4. The lowest BCUT2D eigenvalue weighted by Gasteiger charge is -2.42. The van der Waals surface area contributed by atoms with Crippen LogP contribution in [0.3, 0.4) is 0 Å². The van der Waals surface area contributed by atoms with Crippen LogP contribution in [0.1, 0.15) is 32.6 Å². The molecule has 0 spiro atoms. The molecule has 1 aromatic carbocycles. The first-order valence-electron chi connectivity index (χ1n) is 8.80. The number of rotatable bonds is 3. The molecule has 3 rings (SSSR count). The zero-order valence-corrected chi connectivity index (χ0v) is 14.7. The van der Waals surface area contributed by atoms with E-state index in [0.29, 0.717) is 42.7 Å². The molecule has 2 aliphatic rings. The van der Waals surface area contributed by atoms with Crippen molar-refractivity contribution in [2.45, 2.75) is 38.7 Å². The van der Waals surface area contributed by atoms with E-state index in [2.05, 4.69) is 4.99 Å². The molecule has 2 aliphatic carbocycles. The SMILES string of the molecule is CCOC(=O)[C@]12C/C(=C/N)C(=Nc3ccc(F)cc3)C=C1CCC(O)C2. The summed E-state index contributed by atoms with van der Waals surface area (Å²) in [5.74, 6) is -0.654. The van der Waals surface area contributed by atoms with Gasteiger partial charge in [0, 0.05) is 0 Å². The Bertz CT molecular complexity index is 783. The number of allylic oxidation sites excluding steroid dienone is 2. The molecule has 0 aliphatic heterocycles. The second-order valence-electron chi connectivity index (χ2n) is 6.71. The fraction of sp³-hybridized carbons (Fsp3) is 0.400. The van der Waals surface area contributed by atoms with Crippen molar-refractivity contribution < 1.29 is 19.0 Å². The normalized spacial score (nSPS) is 28.6. The number of nitrogens with zero attached hydrogens (tertiary/aromatic N) is 1. The number of benzene rings is 1. The Hall–Kier alpha value is -2.47. The first-order valence-corrected chi connectivity index (χ1v) is 8.80. The third-order valence-electron chi connectivity index (χ3n) is 5.02. The van der Waals surface area contributed by atoms with E-state index in [4.69, 9.17) is 10.5 Å². The summed E-state index contributed by atoms with van der Waals surface area (Å²) in [5, 5.41) is 10.2. The zero-order chi connectivity index (χ0) is 18.7. The lowest BCUT2D eigenvalue weighted by Crippen LogP contribution is -2.44. The highest BCUT2D eigenvalue weighted by Crippen LogP contribution is 2.49. The molecule has 2 atom stereocenters. The number of halogens is 1. The Labute approximate surface area is 152 Å². The fourth-order valence-corrected chi connectivity index (χ4v) is 3.73. The maximum atomic E-state index is 13.1. The van der Waals surface area contributed by atoms with E-state index >= 15 is 0 Å². The molecule has 1 saturated carbocycles. The van der Waals surface area contributed by atoms with Crippen molar-refractivity contribution in [1.82, 2.24) is 0 Å². The topological polar surface area (TPSA) is 84.9 Å². The second kappa shape index (κ2) is 7.41. The van der Waals surface area contributed by atoms with Gasteiger partial charge < -0.3 is 15.6 Å². The van der Waals surface area contributed by atoms with Crippen LogP contribution in [0.4, 0.5) is 10.1 Å². The van der Waals surface area contributed by atoms with Crippen LogP contribution in [0.5, 0.6) is 0 Å². The van der Waals surface area contributed by atoms with Crippen LogP contribution in [0.2, 0.25) is 0 Å². The molecule has 0 radical (unpaired) electrons. The van der Waals surface area contributed by atoms with Crippen molar-refractivity contribution in [2.24, 2.45) is 16.1 Å². The van der Waals surface area contributed by atoms with Crippen molar-refractivity contribution >= 4 is 17.4 Å². The average Bonchev–Trinajstić information content (AvgIpc) is 2.63. The van der Waals surface area contributed by atoms with E-state index in [1.54, 1.807) is 19.1 Å². The standard InChI is InChI=1S/C20H23FN2O3/c1-2-26-19(25)20-10-13(12-22)18(9-14(20)3-8-17(24)11-20)23-16-6-4-15(21)5-7-16/h4-7,9,12,17,24H,2-3,8,10-11,22H2,1H3/b13-12-,23-18?/t17?,20-/m0/s1. The number of hydrogen-bond acceptors (Lipinski definition) is 5. The number of aliphatic imine (C=N–C) groups is 1. The summed E-state index contributed by atoms with van der Waals surface area (Å²) in [6, 6.07) is 5.88. The van der Waals surface area contributed by atoms with Gasteiger partial charge in [-0.2, -0.15) is 0 Å². The molecule has 0 heterocycles. The zero-order valence-electron chi connectivity index (χ0n) is 14.7. The average molecular weight is 358 g/mol. The molecule has 3 N–H and O–H groups in total. The first kappa shape index (κ1) is 18.3. The van der Waals surface area contributed by atoms with Gasteiger partial charge in [-0.15, -0.1) is 0 Å². The summed E-state index contributed by atoms with van der Waals surface area (Å²) >= 11 is 0. The molecule has 0 amide bonds. The molecule has 1 fully saturated rings. The molecular formula is C20H23FN2O3. The molecule has 26 heavy (non-hydrogen) atoms. The first-order chi connectivity index (χ1) is 12.5. The minimum absolute atomic E-state index is 0.280. The summed E-state index contributed by atoms with van der Waals surface area (Å²) in [7, 11) is 0. The maximum Gasteiger partial charge on any atom is 0.316 e. The van der Waals surface area contributed by atoms with Gasteiger partial charge >= 0.3 is 5.97 Å². The molecule has 138 valence electrons. The Morgan fingerprint density at radius 1 is 1.46 bits per heavy atom. The van der Waals surface area contributed by atoms with Gasteiger partial charge in [0.2, 0.25) is 0 Å². The summed E-state index contributed by atoms with van der Waals surface area (Å²) in [6.45, 7) is 2.04. The van der Waals surface area contributed by atoms with Gasteiger partial charge in [-0.05, 0) is 74.7 Å². The maximum absolute atomic E-state index is 13.1. The third-order valence-corrected chi connectivity index (χ3v) is 5.02. The van der Waals surface area contributed by atoms with Gasteiger partial charge in [-0.3, -0.25) is 4.79 Å². The number of aliphatic hydroxyl groups is 1. The Kier molecular flexibility index (Phi) is 5.23. The number of carbonyl (C=O) groups excluding carboxylic acids is 1. The summed E-state index contributed by atoms with van der Waals surface area (Å²) in [5.41, 5.74) is 7.81. The Morgan fingerprint density at radius 3 is 2.85 bits per heavy atom. The monoisotopic (exact) mass is 358 g/mol. The molecule has 1 aromatic rings. The molecule has 6 heteroatoms. The van der Waals surface area contributed by atoms with E-state index in [-0.39, 0.29) is 18.4 Å². The van der Waals surface area contributed by atoms with Crippen LogP contribution in [0, 0.1) is 11.2 Å². The van der Waals surface area contributed by atoms with Crippen LogP contribution < -0.4 is 5.73 Å². The number of fused-ring (bicyclic) bond motifs is 1.